The van der Waals surface area contributed by atoms with Crippen LogP contribution in [0.15, 0.2) is 40.2 Å². The Hall–Kier alpha value is -1.90. The van der Waals surface area contributed by atoms with Crippen LogP contribution in [-0.4, -0.2) is 23.8 Å². The average molecular weight is 431 g/mol. The van der Waals surface area contributed by atoms with E-state index in [4.69, 9.17) is 11.6 Å². The molecule has 0 spiro atoms. The summed E-state index contributed by atoms with van der Waals surface area (Å²) in [5, 5.41) is 2.80. The van der Waals surface area contributed by atoms with Crippen LogP contribution in [0.25, 0.3) is 0 Å². The molecule has 3 amide bonds. The fourth-order valence-corrected chi connectivity index (χ4v) is 3.21. The molecule has 1 aromatic carbocycles. The molecular weight excluding hydrogens is 418 g/mol. The van der Waals surface area contributed by atoms with E-state index < -0.39 is 23.8 Å². The minimum Gasteiger partial charge on any atom is -0.340 e. The molecule has 0 aliphatic heterocycles. The lowest BCUT2D eigenvalue weighted by atomic mass is 10.2. The maximum absolute atomic E-state index is 12.1. The van der Waals surface area contributed by atoms with E-state index in [1.165, 1.54) is 18.3 Å². The van der Waals surface area contributed by atoms with Crippen molar-refractivity contribution in [2.24, 2.45) is 0 Å². The summed E-state index contributed by atoms with van der Waals surface area (Å²) < 4.78 is 0.805. The van der Waals surface area contributed by atoms with Gasteiger partial charge in [-0.15, -0.1) is 11.3 Å². The number of benzene rings is 1. The van der Waals surface area contributed by atoms with Gasteiger partial charge >= 0.3 is 0 Å². The molecule has 0 saturated carbocycles. The van der Waals surface area contributed by atoms with Crippen molar-refractivity contribution in [2.45, 2.75) is 13.0 Å². The molecule has 0 bridgehead atoms. The normalized spacial score (nSPS) is 11.5. The van der Waals surface area contributed by atoms with Gasteiger partial charge in [-0.25, -0.2) is 0 Å². The Morgan fingerprint density at radius 3 is 2.42 bits per heavy atom. The van der Waals surface area contributed by atoms with E-state index >= 15 is 0 Å². The number of halogens is 2. The highest BCUT2D eigenvalue weighted by Gasteiger charge is 2.19. The Bertz CT molecular complexity index is 781. The summed E-state index contributed by atoms with van der Waals surface area (Å²) in [6.07, 6.45) is 0. The molecule has 0 aliphatic rings. The molecule has 6 nitrogen and oxygen atoms in total. The van der Waals surface area contributed by atoms with Gasteiger partial charge in [0.2, 0.25) is 0 Å². The molecule has 9 heteroatoms. The maximum Gasteiger partial charge on any atom is 0.279 e. The van der Waals surface area contributed by atoms with Gasteiger partial charge in [0, 0.05) is 0 Å². The second-order valence-electron chi connectivity index (χ2n) is 4.72. The molecule has 3 N–H and O–H groups in total. The highest BCUT2D eigenvalue weighted by molar-refractivity contribution is 9.11. The Labute approximate surface area is 155 Å². The molecule has 0 aliphatic carbocycles. The van der Waals surface area contributed by atoms with E-state index in [1.54, 1.807) is 36.4 Å². The number of rotatable bonds is 4. The summed E-state index contributed by atoms with van der Waals surface area (Å²) in [5.74, 6) is -1.47. The van der Waals surface area contributed by atoms with Gasteiger partial charge in [0.05, 0.1) is 19.2 Å². The minimum absolute atomic E-state index is 0.270. The minimum atomic E-state index is -0.857. The summed E-state index contributed by atoms with van der Waals surface area (Å²) in [4.78, 5) is 36.3. The van der Waals surface area contributed by atoms with Crippen LogP contribution in [0.3, 0.4) is 0 Å². The summed E-state index contributed by atoms with van der Waals surface area (Å²) >= 11 is 10.4. The first-order chi connectivity index (χ1) is 11.4. The number of hydrogen-bond donors (Lipinski definition) is 3. The van der Waals surface area contributed by atoms with Crippen LogP contribution in [0, 0.1) is 0 Å². The molecule has 2 rings (SSSR count). The lowest BCUT2D eigenvalue weighted by molar-refractivity contribution is -0.123. The van der Waals surface area contributed by atoms with Crippen LogP contribution in [0.2, 0.25) is 5.02 Å². The van der Waals surface area contributed by atoms with E-state index in [0.29, 0.717) is 9.90 Å². The van der Waals surface area contributed by atoms with Crippen molar-refractivity contribution in [3.63, 3.8) is 0 Å². The fourth-order valence-electron chi connectivity index (χ4n) is 1.71. The third-order valence-electron chi connectivity index (χ3n) is 2.96. The molecule has 1 atom stereocenters. The highest BCUT2D eigenvalue weighted by Crippen LogP contribution is 2.21. The Kier molecular flexibility index (Phi) is 6.36. The first kappa shape index (κ1) is 18.4. The van der Waals surface area contributed by atoms with Crippen molar-refractivity contribution in [3.05, 3.63) is 55.6 Å². The quantitative estimate of drug-likeness (QED) is 0.652. The van der Waals surface area contributed by atoms with Crippen LogP contribution in [0.1, 0.15) is 27.0 Å². The van der Waals surface area contributed by atoms with Gasteiger partial charge in [0.15, 0.2) is 0 Å². The Morgan fingerprint density at radius 2 is 1.79 bits per heavy atom. The van der Waals surface area contributed by atoms with E-state index in [2.05, 4.69) is 32.1 Å². The van der Waals surface area contributed by atoms with Gasteiger partial charge in [-0.2, -0.15) is 0 Å². The molecule has 24 heavy (non-hydrogen) atoms. The average Bonchev–Trinajstić information content (AvgIpc) is 2.99. The van der Waals surface area contributed by atoms with Crippen LogP contribution in [-0.2, 0) is 4.79 Å². The highest BCUT2D eigenvalue weighted by atomic mass is 79.9. The summed E-state index contributed by atoms with van der Waals surface area (Å²) in [6, 6.07) is 9.01. The summed E-state index contributed by atoms with van der Waals surface area (Å²) in [5.41, 5.74) is 4.83. The van der Waals surface area contributed by atoms with Gasteiger partial charge < -0.3 is 5.32 Å². The van der Waals surface area contributed by atoms with Crippen molar-refractivity contribution >= 4 is 56.6 Å². The number of hydrazine groups is 1. The van der Waals surface area contributed by atoms with Crippen LogP contribution in [0.5, 0.6) is 0 Å². The monoisotopic (exact) mass is 429 g/mol. The van der Waals surface area contributed by atoms with Crippen LogP contribution >= 0.6 is 38.9 Å². The Balaban J connectivity index is 1.87. The molecule has 0 unspecified atom stereocenters. The predicted octanol–water partition coefficient (Wildman–Crippen LogP) is 2.74. The van der Waals surface area contributed by atoms with Crippen LogP contribution < -0.4 is 16.2 Å². The van der Waals surface area contributed by atoms with E-state index in [-0.39, 0.29) is 5.56 Å². The number of carbonyl (C=O) groups excluding carboxylic acids is 3. The van der Waals surface area contributed by atoms with Gasteiger partial charge in [0.25, 0.3) is 17.7 Å². The van der Waals surface area contributed by atoms with Crippen molar-refractivity contribution in [3.8, 4) is 0 Å². The third-order valence-corrected chi connectivity index (χ3v) is 4.91. The second-order valence-corrected chi connectivity index (χ2v) is 7.59. The molecule has 1 aromatic heterocycles. The van der Waals surface area contributed by atoms with E-state index in [0.717, 1.165) is 3.79 Å². The van der Waals surface area contributed by atoms with Crippen LogP contribution in [0.4, 0.5) is 0 Å². The second kappa shape index (κ2) is 8.27. The van der Waals surface area contributed by atoms with Gasteiger partial charge in [-0.05, 0) is 47.1 Å². The molecule has 0 fully saturated rings. The zero-order chi connectivity index (χ0) is 17.7. The van der Waals surface area contributed by atoms with Crippen molar-refractivity contribution < 1.29 is 14.4 Å². The fraction of sp³-hybridized carbons (Fsp3) is 0.133. The smallest absolute Gasteiger partial charge is 0.279 e. The lowest BCUT2D eigenvalue weighted by Crippen LogP contribution is -2.51. The summed E-state index contributed by atoms with van der Waals surface area (Å²) in [6.45, 7) is 1.50. The zero-order valence-electron chi connectivity index (χ0n) is 12.4. The molecule has 1 heterocycles. The topological polar surface area (TPSA) is 87.3 Å². The van der Waals surface area contributed by atoms with E-state index in [1.807, 2.05) is 0 Å². The molecule has 2 aromatic rings. The van der Waals surface area contributed by atoms with Gasteiger partial charge in [-0.3, -0.25) is 25.2 Å². The first-order valence-electron chi connectivity index (χ1n) is 6.79. The van der Waals surface area contributed by atoms with Crippen molar-refractivity contribution in [1.29, 1.82) is 0 Å². The van der Waals surface area contributed by atoms with Crippen molar-refractivity contribution in [2.75, 3.05) is 0 Å². The standard InChI is InChI=1S/C15H13BrClN3O3S/c1-8(18-14(22)9-4-2-3-5-10(9)17)13(21)19-20-15(23)11-6-7-12(16)24-11/h2-8H,1H3,(H,18,22)(H,19,21)(H,20,23)/t8-/m0/s1. The third kappa shape index (κ3) is 4.80. The Morgan fingerprint density at radius 1 is 1.08 bits per heavy atom. The zero-order valence-corrected chi connectivity index (χ0v) is 15.6. The molecule has 0 radical (unpaired) electrons. The lowest BCUT2D eigenvalue weighted by Gasteiger charge is -2.14. The SMILES string of the molecule is C[C@H](NC(=O)c1ccccc1Cl)C(=O)NNC(=O)c1ccc(Br)s1. The summed E-state index contributed by atoms with van der Waals surface area (Å²) in [7, 11) is 0. The first-order valence-corrected chi connectivity index (χ1v) is 8.78. The number of amides is 3. The molecule has 126 valence electrons. The number of thiophene rings is 1. The molecular formula is C15H13BrClN3O3S. The molecule has 0 saturated heterocycles. The maximum atomic E-state index is 12.1. The van der Waals surface area contributed by atoms with Gasteiger partial charge in [0.1, 0.15) is 6.04 Å². The van der Waals surface area contributed by atoms with Crippen molar-refractivity contribution in [1.82, 2.24) is 16.2 Å². The number of hydrogen-bond acceptors (Lipinski definition) is 4. The predicted molar refractivity (Wildman–Crippen MR) is 96.0 cm³/mol. The number of carbonyl (C=O) groups is 3. The number of nitrogens with one attached hydrogen (secondary N) is 3. The van der Waals surface area contributed by atoms with Gasteiger partial charge in [-0.1, -0.05) is 23.7 Å². The largest absolute Gasteiger partial charge is 0.340 e. The van der Waals surface area contributed by atoms with E-state index in [9.17, 15) is 14.4 Å².